The van der Waals surface area contributed by atoms with E-state index in [1.165, 1.54) is 6.92 Å². The molecule has 4 aliphatic carbocycles. The number of fused-ring (bicyclic) bond motifs is 4. The van der Waals surface area contributed by atoms with Gasteiger partial charge in [0, 0.05) is 29.4 Å². The lowest BCUT2D eigenvalue weighted by atomic mass is 9.61. The summed E-state index contributed by atoms with van der Waals surface area (Å²) in [7, 11) is 0. The van der Waals surface area contributed by atoms with Gasteiger partial charge < -0.3 is 10.2 Å². The molecule has 132 valence electrons. The van der Waals surface area contributed by atoms with Gasteiger partial charge in [-0.05, 0) is 49.9 Å². The third-order valence-electron chi connectivity index (χ3n) is 7.75. The summed E-state index contributed by atoms with van der Waals surface area (Å²) in [5.41, 5.74) is -1.41. The minimum Gasteiger partial charge on any atom is -0.390 e. The van der Waals surface area contributed by atoms with Crippen molar-refractivity contribution >= 4 is 11.6 Å². The maximum atomic E-state index is 13.0. The molecule has 0 aliphatic heterocycles. The van der Waals surface area contributed by atoms with E-state index in [-0.39, 0.29) is 41.2 Å². The summed E-state index contributed by atoms with van der Waals surface area (Å²) in [6.45, 7) is 9.75. The quantitative estimate of drug-likeness (QED) is 0.714. The van der Waals surface area contributed by atoms with Crippen LogP contribution in [-0.2, 0) is 9.59 Å². The van der Waals surface area contributed by atoms with Gasteiger partial charge in [-0.15, -0.1) is 0 Å². The van der Waals surface area contributed by atoms with E-state index in [0.717, 1.165) is 6.42 Å². The van der Waals surface area contributed by atoms with Crippen molar-refractivity contribution in [3.63, 3.8) is 0 Å². The number of ketones is 2. The average Bonchev–Trinajstić information content (AvgIpc) is 2.95. The zero-order valence-corrected chi connectivity index (χ0v) is 15.2. The Kier molecular flexibility index (Phi) is 3.01. The molecule has 0 aromatic rings. The third-order valence-corrected chi connectivity index (χ3v) is 7.75. The minimum absolute atomic E-state index is 0.00778. The van der Waals surface area contributed by atoms with Crippen molar-refractivity contribution < 1.29 is 19.8 Å². The highest BCUT2D eigenvalue weighted by Crippen LogP contribution is 2.71. The lowest BCUT2D eigenvalue weighted by molar-refractivity contribution is -0.133. The van der Waals surface area contributed by atoms with E-state index in [4.69, 9.17) is 0 Å². The second kappa shape index (κ2) is 4.39. The standard InChI is InChI=1S/C20H28O4/c1-9-12-14-11(18(14,2)3)6-7-19(4,23)15(12)13-10(16(9)21)8-20(5,24)17(13)22/h9,11-12,14-15,23-24H,6-8H2,1-5H3/t9-,11-,12+,14-,15+,19-,20+/m0/s1. The zero-order chi connectivity index (χ0) is 17.8. The van der Waals surface area contributed by atoms with Crippen molar-refractivity contribution in [1.29, 1.82) is 0 Å². The molecule has 0 aromatic carbocycles. The topological polar surface area (TPSA) is 74.6 Å². The molecule has 0 aromatic heterocycles. The number of hydrogen-bond acceptors (Lipinski definition) is 4. The second-order valence-corrected chi connectivity index (χ2v) is 9.73. The Labute approximate surface area is 143 Å². The average molecular weight is 332 g/mol. The van der Waals surface area contributed by atoms with Crippen LogP contribution in [0, 0.1) is 35.0 Å². The first-order valence-electron chi connectivity index (χ1n) is 9.18. The molecule has 0 radical (unpaired) electrons. The molecule has 0 saturated heterocycles. The number of rotatable bonds is 0. The number of hydrogen-bond donors (Lipinski definition) is 2. The molecule has 2 fully saturated rings. The van der Waals surface area contributed by atoms with E-state index < -0.39 is 11.2 Å². The Morgan fingerprint density at radius 3 is 2.33 bits per heavy atom. The SMILES string of the molecule is C[C@@H]1C(=O)C2=C(C(=O)[C@](C)(O)C2)[C@H]2[C@H]1[C@@H]1[C@H](CC[C@]2(C)O)C1(C)C. The summed E-state index contributed by atoms with van der Waals surface area (Å²) >= 11 is 0. The fourth-order valence-corrected chi connectivity index (χ4v) is 6.38. The molecule has 0 unspecified atom stereocenters. The summed E-state index contributed by atoms with van der Waals surface area (Å²) < 4.78 is 0. The lowest BCUT2D eigenvalue weighted by Crippen LogP contribution is -2.49. The Balaban J connectivity index is 1.90. The first kappa shape index (κ1) is 16.5. The van der Waals surface area contributed by atoms with Gasteiger partial charge in [0.1, 0.15) is 5.60 Å². The number of Topliss-reactive ketones (excluding diaryl/α,β-unsaturated/α-hetero) is 2. The first-order chi connectivity index (χ1) is 10.9. The summed E-state index contributed by atoms with van der Waals surface area (Å²) in [5, 5.41) is 21.7. The summed E-state index contributed by atoms with van der Waals surface area (Å²) in [6, 6.07) is 0. The lowest BCUT2D eigenvalue weighted by Gasteiger charge is -2.44. The van der Waals surface area contributed by atoms with Crippen LogP contribution in [0.5, 0.6) is 0 Å². The monoisotopic (exact) mass is 332 g/mol. The smallest absolute Gasteiger partial charge is 0.191 e. The molecule has 4 heteroatoms. The van der Waals surface area contributed by atoms with E-state index in [2.05, 4.69) is 13.8 Å². The van der Waals surface area contributed by atoms with Gasteiger partial charge in [0.25, 0.3) is 0 Å². The number of carbonyl (C=O) groups excluding carboxylic acids is 2. The Morgan fingerprint density at radius 2 is 1.71 bits per heavy atom. The predicted molar refractivity (Wildman–Crippen MR) is 89.0 cm³/mol. The van der Waals surface area contributed by atoms with Gasteiger partial charge in [-0.1, -0.05) is 20.8 Å². The van der Waals surface area contributed by atoms with E-state index in [1.54, 1.807) is 0 Å². The molecular formula is C20H28O4. The number of aliphatic hydroxyl groups is 2. The fraction of sp³-hybridized carbons (Fsp3) is 0.800. The van der Waals surface area contributed by atoms with E-state index in [1.807, 2.05) is 13.8 Å². The van der Waals surface area contributed by atoms with Crippen molar-refractivity contribution in [2.45, 2.75) is 65.1 Å². The first-order valence-corrected chi connectivity index (χ1v) is 9.18. The second-order valence-electron chi connectivity index (χ2n) is 9.73. The maximum Gasteiger partial charge on any atom is 0.191 e. The van der Waals surface area contributed by atoms with Crippen molar-refractivity contribution in [3.05, 3.63) is 11.1 Å². The largest absolute Gasteiger partial charge is 0.390 e. The Morgan fingerprint density at radius 1 is 1.08 bits per heavy atom. The molecule has 2 saturated carbocycles. The van der Waals surface area contributed by atoms with Gasteiger partial charge >= 0.3 is 0 Å². The Hall–Kier alpha value is -1.00. The fourth-order valence-electron chi connectivity index (χ4n) is 6.38. The summed E-state index contributed by atoms with van der Waals surface area (Å²) in [5.74, 6) is -0.00276. The summed E-state index contributed by atoms with van der Waals surface area (Å²) in [4.78, 5) is 25.9. The van der Waals surface area contributed by atoms with Gasteiger partial charge in [0.05, 0.1) is 5.60 Å². The molecule has 0 amide bonds. The van der Waals surface area contributed by atoms with Crippen molar-refractivity contribution in [2.75, 3.05) is 0 Å². The molecule has 0 spiro atoms. The molecule has 24 heavy (non-hydrogen) atoms. The highest BCUT2D eigenvalue weighted by atomic mass is 16.3. The molecule has 4 nitrogen and oxygen atoms in total. The van der Waals surface area contributed by atoms with Crippen LogP contribution in [0.4, 0.5) is 0 Å². The molecule has 4 rings (SSSR count). The van der Waals surface area contributed by atoms with Crippen LogP contribution in [0.3, 0.4) is 0 Å². The molecular weight excluding hydrogens is 304 g/mol. The van der Waals surface area contributed by atoms with Crippen LogP contribution < -0.4 is 0 Å². The van der Waals surface area contributed by atoms with Gasteiger partial charge in [-0.25, -0.2) is 0 Å². The van der Waals surface area contributed by atoms with Gasteiger partial charge in [-0.2, -0.15) is 0 Å². The molecule has 0 heterocycles. The van der Waals surface area contributed by atoms with E-state index in [9.17, 15) is 19.8 Å². The van der Waals surface area contributed by atoms with Gasteiger partial charge in [-0.3, -0.25) is 9.59 Å². The van der Waals surface area contributed by atoms with Crippen molar-refractivity contribution in [1.82, 2.24) is 0 Å². The van der Waals surface area contributed by atoms with E-state index >= 15 is 0 Å². The molecule has 2 N–H and O–H groups in total. The molecule has 4 aliphatic rings. The molecule has 7 atom stereocenters. The van der Waals surface area contributed by atoms with Crippen molar-refractivity contribution in [3.8, 4) is 0 Å². The summed E-state index contributed by atoms with van der Waals surface area (Å²) in [6.07, 6.45) is 1.68. The maximum absolute atomic E-state index is 13.0. The molecule has 0 bridgehead atoms. The van der Waals surface area contributed by atoms with E-state index in [0.29, 0.717) is 29.4 Å². The third kappa shape index (κ3) is 1.82. The van der Waals surface area contributed by atoms with Crippen LogP contribution in [0.15, 0.2) is 11.1 Å². The normalized spacial score (nSPS) is 52.5. The van der Waals surface area contributed by atoms with Crippen LogP contribution in [0.1, 0.15) is 53.9 Å². The van der Waals surface area contributed by atoms with Crippen LogP contribution in [-0.4, -0.2) is 33.0 Å². The van der Waals surface area contributed by atoms with Crippen molar-refractivity contribution in [2.24, 2.45) is 35.0 Å². The predicted octanol–water partition coefficient (Wildman–Crippen LogP) is 2.28. The Bertz CT molecular complexity index is 682. The highest BCUT2D eigenvalue weighted by Gasteiger charge is 2.69. The van der Waals surface area contributed by atoms with Crippen LogP contribution in [0.2, 0.25) is 0 Å². The van der Waals surface area contributed by atoms with Gasteiger partial charge in [0.15, 0.2) is 11.6 Å². The highest BCUT2D eigenvalue weighted by molar-refractivity contribution is 6.15. The van der Waals surface area contributed by atoms with Gasteiger partial charge in [0.2, 0.25) is 0 Å². The number of carbonyl (C=O) groups is 2. The minimum atomic E-state index is -1.50. The van der Waals surface area contributed by atoms with Crippen LogP contribution >= 0.6 is 0 Å². The van der Waals surface area contributed by atoms with Crippen LogP contribution in [0.25, 0.3) is 0 Å². The zero-order valence-electron chi connectivity index (χ0n) is 15.2.